The van der Waals surface area contributed by atoms with Gasteiger partial charge in [-0.15, -0.1) is 11.8 Å². The van der Waals surface area contributed by atoms with Crippen molar-refractivity contribution in [3.8, 4) is 0 Å². The van der Waals surface area contributed by atoms with Gasteiger partial charge in [0.2, 0.25) is 0 Å². The van der Waals surface area contributed by atoms with Crippen LogP contribution in [0.5, 0.6) is 0 Å². The molecule has 0 saturated heterocycles. The second-order valence-corrected chi connectivity index (χ2v) is 6.57. The highest BCUT2D eigenvalue weighted by molar-refractivity contribution is 7.98. The molecule has 0 fully saturated rings. The third-order valence-corrected chi connectivity index (χ3v) is 4.78. The molecule has 0 saturated carbocycles. The molecule has 2 N–H and O–H groups in total. The van der Waals surface area contributed by atoms with Crippen LogP contribution in [0, 0.1) is 20.8 Å². The Morgan fingerprint density at radius 1 is 1.25 bits per heavy atom. The van der Waals surface area contributed by atoms with Crippen LogP contribution in [0.2, 0.25) is 0 Å². The highest BCUT2D eigenvalue weighted by atomic mass is 32.2. The number of aliphatic imine (C=N–C) groups is 1. The zero-order chi connectivity index (χ0) is 17.5. The van der Waals surface area contributed by atoms with E-state index in [2.05, 4.69) is 52.2 Å². The summed E-state index contributed by atoms with van der Waals surface area (Å²) in [6.45, 7) is 7.57. The number of aromatic nitrogens is 1. The molecule has 130 valence electrons. The molecule has 24 heavy (non-hydrogen) atoms. The molecule has 6 heteroatoms. The summed E-state index contributed by atoms with van der Waals surface area (Å²) in [6, 6.07) is 6.53. The number of thioether (sulfide) groups is 1. The van der Waals surface area contributed by atoms with Crippen molar-refractivity contribution in [1.29, 1.82) is 0 Å². The molecular weight excluding hydrogens is 320 g/mol. The minimum Gasteiger partial charge on any atom is -0.361 e. The Morgan fingerprint density at radius 3 is 2.67 bits per heavy atom. The van der Waals surface area contributed by atoms with Gasteiger partial charge in [-0.25, -0.2) is 0 Å². The molecule has 2 aromatic rings. The summed E-state index contributed by atoms with van der Waals surface area (Å²) in [6.07, 6.45) is 2.97. The van der Waals surface area contributed by atoms with Crippen molar-refractivity contribution >= 4 is 17.7 Å². The molecular formula is C18H26N4OS. The summed E-state index contributed by atoms with van der Waals surface area (Å²) < 4.78 is 5.19. The molecule has 5 nitrogen and oxygen atoms in total. The molecule has 0 aliphatic rings. The van der Waals surface area contributed by atoms with E-state index in [1.807, 2.05) is 13.8 Å². The van der Waals surface area contributed by atoms with Gasteiger partial charge in [-0.1, -0.05) is 17.3 Å². The van der Waals surface area contributed by atoms with Crippen molar-refractivity contribution < 1.29 is 4.52 Å². The van der Waals surface area contributed by atoms with Crippen LogP contribution in [0.1, 0.15) is 28.1 Å². The molecule has 0 bridgehead atoms. The Hall–Kier alpha value is -1.95. The SMILES string of the molecule is CN=C(NCCc1c(C)noc1C)NCc1ccc(C)cc1SC. The first-order valence-corrected chi connectivity index (χ1v) is 9.27. The highest BCUT2D eigenvalue weighted by Crippen LogP contribution is 2.21. The maximum atomic E-state index is 5.19. The summed E-state index contributed by atoms with van der Waals surface area (Å²) in [5.41, 5.74) is 4.69. The van der Waals surface area contributed by atoms with Crippen molar-refractivity contribution in [1.82, 2.24) is 15.8 Å². The Bertz CT molecular complexity index is 690. The lowest BCUT2D eigenvalue weighted by Crippen LogP contribution is -2.38. The van der Waals surface area contributed by atoms with E-state index in [4.69, 9.17) is 4.52 Å². The monoisotopic (exact) mass is 346 g/mol. The first-order valence-electron chi connectivity index (χ1n) is 8.05. The third-order valence-electron chi connectivity index (χ3n) is 3.96. The van der Waals surface area contributed by atoms with Crippen molar-refractivity contribution in [2.24, 2.45) is 4.99 Å². The zero-order valence-electron chi connectivity index (χ0n) is 15.1. The van der Waals surface area contributed by atoms with Crippen LogP contribution in [0.15, 0.2) is 32.6 Å². The number of hydrogen-bond acceptors (Lipinski definition) is 4. The summed E-state index contributed by atoms with van der Waals surface area (Å²) in [4.78, 5) is 5.59. The highest BCUT2D eigenvalue weighted by Gasteiger charge is 2.09. The summed E-state index contributed by atoms with van der Waals surface area (Å²) in [5.74, 6) is 1.69. The first-order chi connectivity index (χ1) is 11.5. The van der Waals surface area contributed by atoms with Gasteiger partial charge in [0.05, 0.1) is 5.69 Å². The predicted octanol–water partition coefficient (Wildman–Crippen LogP) is 3.23. The Kier molecular flexibility index (Phi) is 6.73. The summed E-state index contributed by atoms with van der Waals surface area (Å²) in [5, 5.41) is 10.7. The second-order valence-electron chi connectivity index (χ2n) is 5.72. The molecule has 1 aromatic heterocycles. The van der Waals surface area contributed by atoms with Crippen LogP contribution in [0.3, 0.4) is 0 Å². The van der Waals surface area contributed by atoms with Crippen molar-refractivity contribution in [2.45, 2.75) is 38.6 Å². The van der Waals surface area contributed by atoms with Gasteiger partial charge in [-0.2, -0.15) is 0 Å². The van der Waals surface area contributed by atoms with E-state index in [1.54, 1.807) is 18.8 Å². The smallest absolute Gasteiger partial charge is 0.191 e. The quantitative estimate of drug-likeness (QED) is 0.478. The van der Waals surface area contributed by atoms with Gasteiger partial charge in [-0.3, -0.25) is 4.99 Å². The van der Waals surface area contributed by atoms with E-state index in [1.165, 1.54) is 21.6 Å². The molecule has 1 aromatic carbocycles. The molecule has 0 atom stereocenters. The molecule has 0 aliphatic heterocycles. The summed E-state index contributed by atoms with van der Waals surface area (Å²) >= 11 is 1.77. The van der Waals surface area contributed by atoms with Gasteiger partial charge in [0.25, 0.3) is 0 Å². The normalized spacial score (nSPS) is 11.6. The van der Waals surface area contributed by atoms with Gasteiger partial charge >= 0.3 is 0 Å². The number of hydrogen-bond donors (Lipinski definition) is 2. The van der Waals surface area contributed by atoms with Crippen LogP contribution in [-0.2, 0) is 13.0 Å². The lowest BCUT2D eigenvalue weighted by molar-refractivity contribution is 0.392. The lowest BCUT2D eigenvalue weighted by atomic mass is 10.1. The van der Waals surface area contributed by atoms with Crippen molar-refractivity contribution in [3.63, 3.8) is 0 Å². The Labute approximate surface area is 148 Å². The van der Waals surface area contributed by atoms with E-state index in [0.29, 0.717) is 0 Å². The molecule has 1 heterocycles. The van der Waals surface area contributed by atoms with Crippen LogP contribution in [0.4, 0.5) is 0 Å². The van der Waals surface area contributed by atoms with Gasteiger partial charge in [0.1, 0.15) is 5.76 Å². The van der Waals surface area contributed by atoms with E-state index in [9.17, 15) is 0 Å². The fourth-order valence-electron chi connectivity index (χ4n) is 2.56. The number of guanidine groups is 1. The van der Waals surface area contributed by atoms with Crippen LogP contribution >= 0.6 is 11.8 Å². The third kappa shape index (κ3) is 4.77. The van der Waals surface area contributed by atoms with Gasteiger partial charge in [0, 0.05) is 30.6 Å². The molecule has 0 unspecified atom stereocenters. The minimum atomic E-state index is 0.751. The van der Waals surface area contributed by atoms with Gasteiger partial charge in [0.15, 0.2) is 5.96 Å². The molecule has 0 amide bonds. The maximum absolute atomic E-state index is 5.19. The first kappa shape index (κ1) is 18.4. The fourth-order valence-corrected chi connectivity index (χ4v) is 3.27. The lowest BCUT2D eigenvalue weighted by Gasteiger charge is -2.14. The Morgan fingerprint density at radius 2 is 2.04 bits per heavy atom. The van der Waals surface area contributed by atoms with E-state index < -0.39 is 0 Å². The number of nitrogens with one attached hydrogen (secondary N) is 2. The number of aryl methyl sites for hydroxylation is 3. The topological polar surface area (TPSA) is 62.5 Å². The van der Waals surface area contributed by atoms with E-state index >= 15 is 0 Å². The molecule has 2 rings (SSSR count). The standard InChI is InChI=1S/C18H26N4OS/c1-12-6-7-15(17(10-12)24-5)11-21-18(19-4)20-9-8-16-13(2)22-23-14(16)3/h6-7,10H,8-9,11H2,1-5H3,(H2,19,20,21). The zero-order valence-corrected chi connectivity index (χ0v) is 15.9. The van der Waals surface area contributed by atoms with Crippen molar-refractivity contribution in [2.75, 3.05) is 19.8 Å². The largest absolute Gasteiger partial charge is 0.361 e. The number of benzene rings is 1. The predicted molar refractivity (Wildman–Crippen MR) is 101 cm³/mol. The number of rotatable bonds is 6. The second kappa shape index (κ2) is 8.78. The van der Waals surface area contributed by atoms with E-state index in [0.717, 1.165) is 36.9 Å². The average molecular weight is 347 g/mol. The van der Waals surface area contributed by atoms with Crippen LogP contribution < -0.4 is 10.6 Å². The Balaban J connectivity index is 1.87. The minimum absolute atomic E-state index is 0.751. The fraction of sp³-hybridized carbons (Fsp3) is 0.444. The van der Waals surface area contributed by atoms with Gasteiger partial charge < -0.3 is 15.2 Å². The molecule has 0 aliphatic carbocycles. The summed E-state index contributed by atoms with van der Waals surface area (Å²) in [7, 11) is 1.79. The number of nitrogens with zero attached hydrogens (tertiary/aromatic N) is 2. The van der Waals surface area contributed by atoms with Crippen LogP contribution in [0.25, 0.3) is 0 Å². The van der Waals surface area contributed by atoms with Crippen molar-refractivity contribution in [3.05, 3.63) is 46.3 Å². The van der Waals surface area contributed by atoms with E-state index in [-0.39, 0.29) is 0 Å². The molecule has 0 spiro atoms. The molecule has 0 radical (unpaired) electrons. The van der Waals surface area contributed by atoms with Gasteiger partial charge in [-0.05, 0) is 50.6 Å². The average Bonchev–Trinajstić information content (AvgIpc) is 2.90. The maximum Gasteiger partial charge on any atom is 0.191 e. The van der Waals surface area contributed by atoms with Crippen LogP contribution in [-0.4, -0.2) is 31.0 Å².